The van der Waals surface area contributed by atoms with E-state index in [0.29, 0.717) is 32.7 Å². The summed E-state index contributed by atoms with van der Waals surface area (Å²) in [5.41, 5.74) is -1.52. The number of carbonyl (C=O) groups is 1. The smallest absolute Gasteiger partial charge is 0.310 e. The fraction of sp³-hybridized carbons (Fsp3) is 0.923. The van der Waals surface area contributed by atoms with Crippen molar-refractivity contribution in [2.24, 2.45) is 11.3 Å². The van der Waals surface area contributed by atoms with Crippen molar-refractivity contribution in [3.8, 4) is 0 Å². The molecule has 0 aromatic rings. The molecule has 3 fully saturated rings. The van der Waals surface area contributed by atoms with E-state index in [1.54, 1.807) is 0 Å². The molecule has 0 saturated carbocycles. The Morgan fingerprint density at radius 3 is 2.60 bits per heavy atom. The lowest BCUT2D eigenvalue weighted by Crippen LogP contribution is -2.49. The van der Waals surface area contributed by atoms with Crippen LogP contribution in [0.3, 0.4) is 0 Å². The maximum atomic E-state index is 11.8. The highest BCUT2D eigenvalue weighted by Gasteiger charge is 2.56. The number of rotatable bonds is 2. The third-order valence-corrected chi connectivity index (χ3v) is 6.89. The minimum absolute atomic E-state index is 0.0137. The number of aliphatic carboxylic acids is 1. The van der Waals surface area contributed by atoms with E-state index < -0.39 is 26.8 Å². The summed E-state index contributed by atoms with van der Waals surface area (Å²) in [6.45, 7) is 1.61. The normalized spacial score (nSPS) is 43.9. The summed E-state index contributed by atoms with van der Waals surface area (Å²) in [5, 5.41) is 9.64. The van der Waals surface area contributed by atoms with Crippen LogP contribution in [-0.2, 0) is 24.1 Å². The lowest BCUT2D eigenvalue weighted by molar-refractivity contribution is -0.160. The Morgan fingerprint density at radius 1 is 1.25 bits per heavy atom. The summed E-state index contributed by atoms with van der Waals surface area (Å²) in [6, 6.07) is 0. The summed E-state index contributed by atoms with van der Waals surface area (Å²) in [4.78, 5) is 11.8. The van der Waals surface area contributed by atoms with Gasteiger partial charge >= 0.3 is 5.97 Å². The van der Waals surface area contributed by atoms with Gasteiger partial charge in [-0.05, 0) is 25.2 Å². The Balaban J connectivity index is 1.87. The van der Waals surface area contributed by atoms with Crippen LogP contribution < -0.4 is 0 Å². The predicted molar refractivity (Wildman–Crippen MR) is 70.2 cm³/mol. The first-order chi connectivity index (χ1) is 9.38. The van der Waals surface area contributed by atoms with E-state index in [1.165, 1.54) is 0 Å². The summed E-state index contributed by atoms with van der Waals surface area (Å²) >= 11 is 0. The Bertz CT molecular complexity index is 507. The van der Waals surface area contributed by atoms with E-state index >= 15 is 0 Å². The molecule has 3 aliphatic rings. The molecule has 20 heavy (non-hydrogen) atoms. The van der Waals surface area contributed by atoms with Gasteiger partial charge < -0.3 is 14.6 Å². The van der Waals surface area contributed by atoms with Gasteiger partial charge in [0.05, 0.1) is 29.1 Å². The van der Waals surface area contributed by atoms with Crippen molar-refractivity contribution in [1.82, 2.24) is 0 Å². The second-order valence-electron chi connectivity index (χ2n) is 6.33. The maximum absolute atomic E-state index is 11.8. The van der Waals surface area contributed by atoms with E-state index in [1.807, 2.05) is 0 Å². The molecule has 1 N–H and O–H groups in total. The molecule has 114 valence electrons. The minimum Gasteiger partial charge on any atom is -0.481 e. The van der Waals surface area contributed by atoms with Crippen molar-refractivity contribution in [2.45, 2.75) is 31.3 Å². The van der Waals surface area contributed by atoms with Gasteiger partial charge in [0, 0.05) is 19.6 Å². The number of carboxylic acid groups (broad SMARTS) is 1. The van der Waals surface area contributed by atoms with E-state index in [4.69, 9.17) is 9.47 Å². The zero-order valence-corrected chi connectivity index (χ0v) is 12.2. The van der Waals surface area contributed by atoms with Crippen LogP contribution in [0.5, 0.6) is 0 Å². The summed E-state index contributed by atoms with van der Waals surface area (Å²) < 4.78 is 34.8. The standard InChI is InChI=1S/C13H20O6S/c14-11(15)13(3-6-20(16,17)9-13)10-1-4-19-12(7-10)2-5-18-8-12/h10H,1-9H2,(H,14,15). The van der Waals surface area contributed by atoms with Gasteiger partial charge in [-0.3, -0.25) is 4.79 Å². The molecular weight excluding hydrogens is 284 g/mol. The van der Waals surface area contributed by atoms with Gasteiger partial charge in [0.1, 0.15) is 0 Å². The molecule has 3 aliphatic heterocycles. The van der Waals surface area contributed by atoms with Gasteiger partial charge in [0.2, 0.25) is 0 Å². The van der Waals surface area contributed by atoms with E-state index in [-0.39, 0.29) is 23.8 Å². The number of sulfone groups is 1. The molecule has 6 nitrogen and oxygen atoms in total. The SMILES string of the molecule is O=C(O)C1(C2CCOC3(CCOC3)C2)CCS(=O)(=O)C1. The van der Waals surface area contributed by atoms with Crippen LogP contribution >= 0.6 is 0 Å². The molecule has 0 aliphatic carbocycles. The Hall–Kier alpha value is -0.660. The van der Waals surface area contributed by atoms with Gasteiger partial charge in [0.15, 0.2) is 9.84 Å². The molecule has 1 spiro atoms. The Labute approximate surface area is 118 Å². The Morgan fingerprint density at radius 2 is 2.05 bits per heavy atom. The predicted octanol–water partition coefficient (Wildman–Crippen LogP) is 0.462. The molecule has 0 bridgehead atoms. The van der Waals surface area contributed by atoms with E-state index in [9.17, 15) is 18.3 Å². The first-order valence-electron chi connectivity index (χ1n) is 7.03. The second-order valence-corrected chi connectivity index (χ2v) is 8.51. The van der Waals surface area contributed by atoms with Crippen molar-refractivity contribution in [2.75, 3.05) is 31.3 Å². The number of ether oxygens (including phenoxy) is 2. The lowest BCUT2D eigenvalue weighted by Gasteiger charge is -2.43. The van der Waals surface area contributed by atoms with Gasteiger partial charge in [-0.25, -0.2) is 8.42 Å². The molecule has 0 radical (unpaired) electrons. The van der Waals surface area contributed by atoms with Crippen molar-refractivity contribution in [3.05, 3.63) is 0 Å². The molecule has 3 rings (SSSR count). The van der Waals surface area contributed by atoms with Crippen molar-refractivity contribution in [3.63, 3.8) is 0 Å². The molecule has 0 amide bonds. The number of hydrogen-bond donors (Lipinski definition) is 1. The second kappa shape index (κ2) is 4.68. The quantitative estimate of drug-likeness (QED) is 0.797. The highest BCUT2D eigenvalue weighted by atomic mass is 32.2. The van der Waals surface area contributed by atoms with Crippen LogP contribution in [0.2, 0.25) is 0 Å². The molecule has 7 heteroatoms. The molecule has 0 aromatic carbocycles. The fourth-order valence-electron chi connectivity index (χ4n) is 3.90. The van der Waals surface area contributed by atoms with Crippen LogP contribution in [0, 0.1) is 11.3 Å². The highest BCUT2D eigenvalue weighted by Crippen LogP contribution is 2.48. The minimum atomic E-state index is -3.24. The molecule has 3 heterocycles. The lowest BCUT2D eigenvalue weighted by atomic mass is 9.67. The van der Waals surface area contributed by atoms with Crippen LogP contribution in [0.4, 0.5) is 0 Å². The van der Waals surface area contributed by atoms with Gasteiger partial charge in [-0.1, -0.05) is 0 Å². The first-order valence-corrected chi connectivity index (χ1v) is 8.85. The first kappa shape index (κ1) is 14.3. The summed E-state index contributed by atoms with van der Waals surface area (Å²) in [6.07, 6.45) is 2.20. The number of carboxylic acids is 1. The van der Waals surface area contributed by atoms with Gasteiger partial charge in [-0.15, -0.1) is 0 Å². The average molecular weight is 304 g/mol. The fourth-order valence-corrected chi connectivity index (χ4v) is 6.01. The molecule has 0 aromatic heterocycles. The third-order valence-electron chi connectivity index (χ3n) is 5.10. The molecule has 3 atom stereocenters. The van der Waals surface area contributed by atoms with Crippen LogP contribution in [0.1, 0.15) is 25.7 Å². The zero-order valence-electron chi connectivity index (χ0n) is 11.3. The Kier molecular flexibility index (Phi) is 3.34. The molecule has 3 unspecified atom stereocenters. The maximum Gasteiger partial charge on any atom is 0.310 e. The largest absolute Gasteiger partial charge is 0.481 e. The average Bonchev–Trinajstić information content (AvgIpc) is 2.95. The van der Waals surface area contributed by atoms with Crippen LogP contribution in [0.25, 0.3) is 0 Å². The van der Waals surface area contributed by atoms with Crippen molar-refractivity contribution < 1.29 is 27.8 Å². The third kappa shape index (κ3) is 2.25. The van der Waals surface area contributed by atoms with Crippen molar-refractivity contribution >= 4 is 15.8 Å². The number of hydrogen-bond acceptors (Lipinski definition) is 5. The van der Waals surface area contributed by atoms with Gasteiger partial charge in [0.25, 0.3) is 0 Å². The van der Waals surface area contributed by atoms with Gasteiger partial charge in [-0.2, -0.15) is 0 Å². The van der Waals surface area contributed by atoms with Crippen LogP contribution in [0.15, 0.2) is 0 Å². The zero-order chi connectivity index (χ0) is 14.4. The monoisotopic (exact) mass is 304 g/mol. The van der Waals surface area contributed by atoms with Crippen molar-refractivity contribution in [1.29, 1.82) is 0 Å². The molecule has 3 saturated heterocycles. The highest BCUT2D eigenvalue weighted by molar-refractivity contribution is 7.91. The van der Waals surface area contributed by atoms with E-state index in [2.05, 4.69) is 0 Å². The summed E-state index contributed by atoms with van der Waals surface area (Å²) in [7, 11) is -3.24. The van der Waals surface area contributed by atoms with Crippen LogP contribution in [-0.4, -0.2) is 56.4 Å². The summed E-state index contributed by atoms with van der Waals surface area (Å²) in [5.74, 6) is -1.36. The van der Waals surface area contributed by atoms with E-state index in [0.717, 1.165) is 6.42 Å². The topological polar surface area (TPSA) is 89.9 Å². The molecular formula is C13H20O6S.